The maximum atomic E-state index is 12.3. The molecule has 1 saturated heterocycles. The molecule has 0 radical (unpaired) electrons. The zero-order valence-electron chi connectivity index (χ0n) is 9.75. The summed E-state index contributed by atoms with van der Waals surface area (Å²) < 4.78 is 11.7. The maximum Gasteiger partial charge on any atom is 0.181 e. The summed E-state index contributed by atoms with van der Waals surface area (Å²) in [6.07, 6.45) is 6.62. The molecule has 0 bridgehead atoms. The predicted octanol–water partition coefficient (Wildman–Crippen LogP) is 2.21. The van der Waals surface area contributed by atoms with Crippen LogP contribution in [-0.4, -0.2) is 24.8 Å². The number of hydrogen-bond acceptors (Lipinski definition) is 3. The van der Waals surface area contributed by atoms with Crippen LogP contribution in [0.3, 0.4) is 0 Å². The van der Waals surface area contributed by atoms with E-state index in [9.17, 15) is 4.79 Å². The third-order valence-corrected chi connectivity index (χ3v) is 4.27. The third kappa shape index (κ3) is 1.19. The average Bonchev–Trinajstić information content (AvgIpc) is 2.80. The van der Waals surface area contributed by atoms with Crippen LogP contribution in [-0.2, 0) is 14.3 Å². The van der Waals surface area contributed by atoms with Gasteiger partial charge in [-0.05, 0) is 32.3 Å². The largest absolute Gasteiger partial charge is 0.346 e. The summed E-state index contributed by atoms with van der Waals surface area (Å²) >= 11 is 0. The van der Waals surface area contributed by atoms with Crippen molar-refractivity contribution in [2.75, 3.05) is 13.2 Å². The Bertz CT molecular complexity index is 352. The molecule has 1 aliphatic heterocycles. The lowest BCUT2D eigenvalue weighted by molar-refractivity contribution is -0.245. The molecule has 0 aromatic heterocycles. The lowest BCUT2D eigenvalue weighted by Gasteiger charge is -2.46. The summed E-state index contributed by atoms with van der Waals surface area (Å²) in [5.41, 5.74) is 0.775. The van der Waals surface area contributed by atoms with Crippen molar-refractivity contribution in [3.05, 3.63) is 11.6 Å². The minimum Gasteiger partial charge on any atom is -0.346 e. The molecule has 2 spiro atoms. The standard InChI is InChI=1S/C13H18O3/c1-10-8-11(14)12(9-10)4-2-3-5-13(12)15-6-7-16-13/h8H,2-7,9H2,1H3. The van der Waals surface area contributed by atoms with Gasteiger partial charge in [0.1, 0.15) is 0 Å². The third-order valence-electron chi connectivity index (χ3n) is 4.27. The molecule has 1 saturated carbocycles. The van der Waals surface area contributed by atoms with E-state index in [1.54, 1.807) is 6.08 Å². The highest BCUT2D eigenvalue weighted by atomic mass is 16.7. The van der Waals surface area contributed by atoms with Gasteiger partial charge in [-0.3, -0.25) is 4.79 Å². The normalized spacial score (nSPS) is 37.3. The van der Waals surface area contributed by atoms with Crippen LogP contribution in [0.4, 0.5) is 0 Å². The number of fused-ring (bicyclic) bond motifs is 1. The lowest BCUT2D eigenvalue weighted by Crippen LogP contribution is -2.54. The molecular formula is C13H18O3. The van der Waals surface area contributed by atoms with Crippen molar-refractivity contribution in [2.45, 2.75) is 44.8 Å². The SMILES string of the molecule is CC1=CC(=O)C2(CCCCC23OCCO3)C1. The highest BCUT2D eigenvalue weighted by Gasteiger charge is 2.61. The molecule has 0 aromatic carbocycles. The molecule has 1 heterocycles. The van der Waals surface area contributed by atoms with E-state index in [0.717, 1.165) is 32.1 Å². The zero-order valence-corrected chi connectivity index (χ0v) is 9.75. The van der Waals surface area contributed by atoms with E-state index >= 15 is 0 Å². The molecule has 0 aromatic rings. The fraction of sp³-hybridized carbons (Fsp3) is 0.769. The Hall–Kier alpha value is -0.670. The number of rotatable bonds is 0. The van der Waals surface area contributed by atoms with Crippen LogP contribution in [0.1, 0.15) is 39.0 Å². The van der Waals surface area contributed by atoms with Gasteiger partial charge in [0.15, 0.2) is 11.6 Å². The Kier molecular flexibility index (Phi) is 2.23. The smallest absolute Gasteiger partial charge is 0.181 e. The van der Waals surface area contributed by atoms with Crippen LogP contribution >= 0.6 is 0 Å². The number of carbonyl (C=O) groups excluding carboxylic acids is 1. The molecule has 3 rings (SSSR count). The molecule has 16 heavy (non-hydrogen) atoms. The van der Waals surface area contributed by atoms with E-state index < -0.39 is 11.2 Å². The van der Waals surface area contributed by atoms with Crippen molar-refractivity contribution in [3.8, 4) is 0 Å². The van der Waals surface area contributed by atoms with Crippen LogP contribution in [0.25, 0.3) is 0 Å². The topological polar surface area (TPSA) is 35.5 Å². The highest BCUT2D eigenvalue weighted by molar-refractivity contribution is 5.99. The molecule has 1 atom stereocenters. The molecule has 0 N–H and O–H groups in total. The number of carbonyl (C=O) groups is 1. The van der Waals surface area contributed by atoms with Crippen LogP contribution in [0.2, 0.25) is 0 Å². The van der Waals surface area contributed by atoms with Gasteiger partial charge in [-0.1, -0.05) is 12.0 Å². The number of allylic oxidation sites excluding steroid dienone is 2. The second-order valence-corrected chi connectivity index (χ2v) is 5.27. The molecule has 3 heteroatoms. The van der Waals surface area contributed by atoms with Gasteiger partial charge < -0.3 is 9.47 Å². The van der Waals surface area contributed by atoms with Gasteiger partial charge in [0.05, 0.1) is 18.6 Å². The Balaban J connectivity index is 2.00. The first-order chi connectivity index (χ1) is 7.69. The first kappa shape index (κ1) is 10.5. The van der Waals surface area contributed by atoms with Gasteiger partial charge in [0.25, 0.3) is 0 Å². The van der Waals surface area contributed by atoms with Crippen molar-refractivity contribution in [1.82, 2.24) is 0 Å². The van der Waals surface area contributed by atoms with Crippen molar-refractivity contribution in [2.24, 2.45) is 5.41 Å². The second kappa shape index (κ2) is 3.41. The number of hydrogen-bond donors (Lipinski definition) is 0. The van der Waals surface area contributed by atoms with E-state index in [-0.39, 0.29) is 5.78 Å². The molecule has 88 valence electrons. The number of ether oxygens (including phenoxy) is 2. The quantitative estimate of drug-likeness (QED) is 0.630. The van der Waals surface area contributed by atoms with Gasteiger partial charge in [-0.2, -0.15) is 0 Å². The summed E-state index contributed by atoms with van der Waals surface area (Å²) in [4.78, 5) is 12.3. The van der Waals surface area contributed by atoms with Crippen LogP contribution in [0, 0.1) is 5.41 Å². The van der Waals surface area contributed by atoms with Crippen LogP contribution in [0.5, 0.6) is 0 Å². The minimum atomic E-state index is -0.601. The van der Waals surface area contributed by atoms with E-state index in [1.807, 2.05) is 6.92 Å². The summed E-state index contributed by atoms with van der Waals surface area (Å²) in [7, 11) is 0. The van der Waals surface area contributed by atoms with Crippen molar-refractivity contribution in [1.29, 1.82) is 0 Å². The molecule has 1 unspecified atom stereocenters. The molecule has 3 aliphatic rings. The van der Waals surface area contributed by atoms with E-state index in [1.165, 1.54) is 5.57 Å². The van der Waals surface area contributed by atoms with Gasteiger partial charge in [0.2, 0.25) is 0 Å². The van der Waals surface area contributed by atoms with E-state index in [2.05, 4.69) is 0 Å². The first-order valence-electron chi connectivity index (χ1n) is 6.18. The summed E-state index contributed by atoms with van der Waals surface area (Å²) in [6, 6.07) is 0. The average molecular weight is 222 g/mol. The van der Waals surface area contributed by atoms with Gasteiger partial charge in [-0.15, -0.1) is 0 Å². The molecule has 0 amide bonds. The van der Waals surface area contributed by atoms with Gasteiger partial charge in [0, 0.05) is 6.42 Å². The van der Waals surface area contributed by atoms with Crippen molar-refractivity contribution in [3.63, 3.8) is 0 Å². The van der Waals surface area contributed by atoms with Gasteiger partial charge >= 0.3 is 0 Å². The van der Waals surface area contributed by atoms with E-state index in [0.29, 0.717) is 13.2 Å². The Morgan fingerprint density at radius 2 is 1.88 bits per heavy atom. The molecular weight excluding hydrogens is 204 g/mol. The lowest BCUT2D eigenvalue weighted by atomic mass is 9.66. The first-order valence-corrected chi connectivity index (χ1v) is 6.18. The fourth-order valence-corrected chi connectivity index (χ4v) is 3.60. The fourth-order valence-electron chi connectivity index (χ4n) is 3.60. The van der Waals surface area contributed by atoms with Crippen LogP contribution < -0.4 is 0 Å². The summed E-state index contributed by atoms with van der Waals surface area (Å²) in [5, 5.41) is 0. The Morgan fingerprint density at radius 1 is 1.19 bits per heavy atom. The molecule has 3 nitrogen and oxygen atoms in total. The summed E-state index contributed by atoms with van der Waals surface area (Å²) in [6.45, 7) is 3.30. The van der Waals surface area contributed by atoms with Crippen LogP contribution in [0.15, 0.2) is 11.6 Å². The highest BCUT2D eigenvalue weighted by Crippen LogP contribution is 2.55. The zero-order chi connectivity index (χ0) is 11.2. The Morgan fingerprint density at radius 3 is 2.50 bits per heavy atom. The monoisotopic (exact) mass is 222 g/mol. The maximum absolute atomic E-state index is 12.3. The molecule has 2 aliphatic carbocycles. The Labute approximate surface area is 95.8 Å². The van der Waals surface area contributed by atoms with Crippen molar-refractivity contribution >= 4 is 5.78 Å². The second-order valence-electron chi connectivity index (χ2n) is 5.27. The van der Waals surface area contributed by atoms with Gasteiger partial charge in [-0.25, -0.2) is 0 Å². The van der Waals surface area contributed by atoms with E-state index in [4.69, 9.17) is 9.47 Å². The summed E-state index contributed by atoms with van der Waals surface area (Å²) in [5.74, 6) is -0.372. The predicted molar refractivity (Wildman–Crippen MR) is 58.9 cm³/mol. The molecule has 2 fully saturated rings. The minimum absolute atomic E-state index is 0.228. The van der Waals surface area contributed by atoms with Crippen molar-refractivity contribution < 1.29 is 14.3 Å². The number of ketones is 1.